The van der Waals surface area contributed by atoms with Crippen LogP contribution in [0.4, 0.5) is 15.8 Å². The van der Waals surface area contributed by atoms with E-state index in [1.54, 1.807) is 29.2 Å². The van der Waals surface area contributed by atoms with Crippen LogP contribution >= 0.6 is 11.6 Å². The number of hydrogen-bond donors (Lipinski definition) is 3. The number of H-pyrrole nitrogens is 1. The van der Waals surface area contributed by atoms with Crippen LogP contribution in [-0.4, -0.2) is 102 Å². The average Bonchev–Trinajstić information content (AvgIpc) is 3.92. The second-order valence-electron chi connectivity index (χ2n) is 17.8. The van der Waals surface area contributed by atoms with E-state index < -0.39 is 43.7 Å². The fourth-order valence-electron chi connectivity index (χ4n) is 9.00. The molecule has 6 aromatic rings. The van der Waals surface area contributed by atoms with Gasteiger partial charge in [-0.3, -0.25) is 29.6 Å². The van der Waals surface area contributed by atoms with Crippen molar-refractivity contribution in [3.63, 3.8) is 0 Å². The number of halogens is 2. The molecule has 1 aliphatic carbocycles. The van der Waals surface area contributed by atoms with E-state index in [0.717, 1.165) is 73.2 Å². The zero-order valence-corrected chi connectivity index (χ0v) is 37.1. The first-order chi connectivity index (χ1) is 30.6. The predicted octanol–water partition coefficient (Wildman–Crippen LogP) is 7.84. The molecule has 0 bridgehead atoms. The number of rotatable bonds is 12. The van der Waals surface area contributed by atoms with Crippen LogP contribution in [-0.2, 0) is 10.0 Å². The maximum atomic E-state index is 15.3. The fraction of sp³-hybridized carbons (Fsp3) is 0.370. The summed E-state index contributed by atoms with van der Waals surface area (Å²) in [6.07, 6.45) is 6.85. The molecule has 9 rings (SSSR count). The van der Waals surface area contributed by atoms with Gasteiger partial charge in [-0.15, -0.1) is 0 Å². The summed E-state index contributed by atoms with van der Waals surface area (Å²) in [7, 11) is -4.66. The van der Waals surface area contributed by atoms with Gasteiger partial charge in [0, 0.05) is 67.3 Å². The lowest BCUT2D eigenvalue weighted by atomic mass is 9.72. The summed E-state index contributed by atoms with van der Waals surface area (Å²) in [5, 5.41) is 19.9. The first kappa shape index (κ1) is 43.4. The number of alkyl halides is 1. The maximum Gasteiger partial charge on any atom is 0.312 e. The zero-order chi connectivity index (χ0) is 44.8. The van der Waals surface area contributed by atoms with E-state index in [4.69, 9.17) is 16.3 Å². The summed E-state index contributed by atoms with van der Waals surface area (Å²) < 4.78 is 52.2. The van der Waals surface area contributed by atoms with Gasteiger partial charge in [0.1, 0.15) is 17.8 Å². The molecular formula is C46H49ClFN9O6S. The summed E-state index contributed by atoms with van der Waals surface area (Å²) in [5.41, 5.74) is 4.92. The van der Waals surface area contributed by atoms with Crippen molar-refractivity contribution in [2.24, 2.45) is 5.41 Å². The summed E-state index contributed by atoms with van der Waals surface area (Å²) in [6, 6.07) is 20.1. The molecule has 15 nitrogen and oxygen atoms in total. The zero-order valence-electron chi connectivity index (χ0n) is 35.6. The standard InChI is InChI=1S/C46H49ClFN9O6S/c1-45(2)13-11-32(37(26-45)30-3-5-33(47)6-4-30)28-54-19-21-55(22-20-54)34-7-9-36(39(24-34)56-40-23-31-12-16-50-43(31)52-38(40)27-51-56)44(58)53-64(61,62)35-8-10-42(41(25-35)57(59)60)63-29-46(48)14-17-49-18-15-46/h3-10,12,16,23-25,27,49,51H,11,13-15,17-22,26,28-29H2,1-2H3,(H,53,58). The summed E-state index contributed by atoms with van der Waals surface area (Å²) in [6.45, 7) is 9.03. The van der Waals surface area contributed by atoms with Crippen molar-refractivity contribution in [2.75, 3.05) is 57.3 Å². The van der Waals surface area contributed by atoms with E-state index in [1.807, 2.05) is 30.3 Å². The molecule has 3 aromatic heterocycles. The minimum absolute atomic E-state index is 0.0204. The molecule has 0 radical (unpaired) electrons. The Morgan fingerprint density at radius 3 is 2.52 bits per heavy atom. The van der Waals surface area contributed by atoms with Gasteiger partial charge in [-0.2, -0.15) is 0 Å². The van der Waals surface area contributed by atoms with Gasteiger partial charge in [-0.25, -0.2) is 27.5 Å². The van der Waals surface area contributed by atoms with Crippen molar-refractivity contribution >= 4 is 66.5 Å². The second-order valence-corrected chi connectivity index (χ2v) is 19.9. The molecule has 334 valence electrons. The van der Waals surface area contributed by atoms with Gasteiger partial charge in [0.15, 0.2) is 11.4 Å². The van der Waals surface area contributed by atoms with Crippen LogP contribution in [0.1, 0.15) is 61.9 Å². The topological polar surface area (TPSA) is 181 Å². The highest BCUT2D eigenvalue weighted by atomic mass is 35.5. The maximum absolute atomic E-state index is 15.3. The molecule has 18 heteroatoms. The van der Waals surface area contributed by atoms with E-state index in [0.29, 0.717) is 48.5 Å². The van der Waals surface area contributed by atoms with Crippen molar-refractivity contribution in [1.29, 1.82) is 0 Å². The van der Waals surface area contributed by atoms with Crippen LogP contribution in [0.2, 0.25) is 5.02 Å². The summed E-state index contributed by atoms with van der Waals surface area (Å²) >= 11 is 6.25. The van der Waals surface area contributed by atoms with Crippen LogP contribution in [0.25, 0.3) is 33.3 Å². The third-order valence-electron chi connectivity index (χ3n) is 12.7. The Kier molecular flexibility index (Phi) is 11.7. The minimum Gasteiger partial charge on any atom is -0.483 e. The number of piperidine rings is 1. The SMILES string of the molecule is CC1(C)CCC(CN2CCN(c3ccc(C(=O)NS(=O)(=O)c4ccc(OCC5(F)CCNCC5)c([N+](=O)[O-])c4)c(-n4[nH]cc5nc6nccc6cc54)c3)CC2)=C(c2ccc(Cl)cc2)C1. The molecule has 2 fully saturated rings. The summed E-state index contributed by atoms with van der Waals surface area (Å²) in [4.78, 5) is 38.7. The van der Waals surface area contributed by atoms with E-state index >= 15 is 4.39 Å². The van der Waals surface area contributed by atoms with Gasteiger partial charge >= 0.3 is 5.69 Å². The second kappa shape index (κ2) is 17.3. The molecule has 0 spiro atoms. The number of benzene rings is 3. The van der Waals surface area contributed by atoms with Crippen LogP contribution in [0, 0.1) is 15.5 Å². The van der Waals surface area contributed by atoms with E-state index in [1.165, 1.54) is 16.7 Å². The Morgan fingerprint density at radius 1 is 1.00 bits per heavy atom. The van der Waals surface area contributed by atoms with Gasteiger partial charge in [0.2, 0.25) is 0 Å². The third kappa shape index (κ3) is 9.07. The Hall–Kier alpha value is -5.88. The molecular weight excluding hydrogens is 861 g/mol. The van der Waals surface area contributed by atoms with Crippen LogP contribution < -0.4 is 19.7 Å². The first-order valence-corrected chi connectivity index (χ1v) is 23.3. The molecule has 0 saturated carbocycles. The number of aromatic nitrogens is 4. The number of hydrogen-bond acceptors (Lipinski definition) is 11. The highest BCUT2D eigenvalue weighted by molar-refractivity contribution is 7.90. The number of amides is 1. The molecule has 3 N–H and O–H groups in total. The number of pyridine rings is 1. The normalized spacial score (nSPS) is 18.1. The predicted molar refractivity (Wildman–Crippen MR) is 245 cm³/mol. The van der Waals surface area contributed by atoms with E-state index in [-0.39, 0.29) is 29.6 Å². The third-order valence-corrected chi connectivity index (χ3v) is 14.3. The molecule has 2 aliphatic heterocycles. The number of sulfonamides is 1. The smallest absolute Gasteiger partial charge is 0.312 e. The molecule has 2 saturated heterocycles. The number of fused-ring (bicyclic) bond motifs is 2. The number of carbonyl (C=O) groups is 1. The monoisotopic (exact) mass is 909 g/mol. The molecule has 64 heavy (non-hydrogen) atoms. The van der Waals surface area contributed by atoms with Crippen molar-refractivity contribution in [1.82, 2.24) is 34.7 Å². The Balaban J connectivity index is 0.977. The van der Waals surface area contributed by atoms with Crippen LogP contribution in [0.3, 0.4) is 0 Å². The van der Waals surface area contributed by atoms with Gasteiger partial charge in [0.05, 0.1) is 26.6 Å². The first-order valence-electron chi connectivity index (χ1n) is 21.4. The van der Waals surface area contributed by atoms with Crippen molar-refractivity contribution in [3.05, 3.63) is 117 Å². The van der Waals surface area contributed by atoms with Gasteiger partial charge in [-0.05, 0) is 116 Å². The van der Waals surface area contributed by atoms with E-state index in [2.05, 4.69) is 60.9 Å². The van der Waals surface area contributed by atoms with Crippen molar-refractivity contribution in [3.8, 4) is 11.4 Å². The minimum atomic E-state index is -4.66. The lowest BCUT2D eigenvalue weighted by Crippen LogP contribution is -2.47. The quantitative estimate of drug-likeness (QED) is 0.0804. The number of nitrogens with zero attached hydrogens (tertiary/aromatic N) is 6. The Morgan fingerprint density at radius 2 is 1.77 bits per heavy atom. The van der Waals surface area contributed by atoms with Crippen molar-refractivity contribution in [2.45, 2.75) is 56.5 Å². The molecule has 1 amide bonds. The van der Waals surface area contributed by atoms with Crippen molar-refractivity contribution < 1.29 is 27.3 Å². The largest absolute Gasteiger partial charge is 0.483 e. The number of ether oxygens (including phenoxy) is 1. The highest BCUT2D eigenvalue weighted by Gasteiger charge is 2.35. The van der Waals surface area contributed by atoms with Crippen LogP contribution in [0.15, 0.2) is 95.7 Å². The average molecular weight is 910 g/mol. The number of carbonyl (C=O) groups excluding carboxylic acids is 1. The Bertz CT molecular complexity index is 2900. The molecule has 0 unspecified atom stereocenters. The lowest BCUT2D eigenvalue weighted by Gasteiger charge is -2.39. The van der Waals surface area contributed by atoms with Crippen LogP contribution in [0.5, 0.6) is 5.75 Å². The van der Waals surface area contributed by atoms with Gasteiger partial charge in [-0.1, -0.05) is 43.2 Å². The fourth-order valence-corrected chi connectivity index (χ4v) is 10.1. The Labute approximate surface area is 374 Å². The number of allylic oxidation sites excluding steroid dienone is 1. The van der Waals surface area contributed by atoms with Gasteiger partial charge < -0.3 is 15.0 Å². The number of piperazine rings is 1. The molecule has 0 atom stereocenters. The molecule has 5 heterocycles. The number of anilines is 1. The molecule has 3 aromatic carbocycles. The lowest BCUT2D eigenvalue weighted by molar-refractivity contribution is -0.386. The highest BCUT2D eigenvalue weighted by Crippen LogP contribution is 2.43. The van der Waals surface area contributed by atoms with Gasteiger partial charge in [0.25, 0.3) is 15.9 Å². The number of aromatic amines is 1. The summed E-state index contributed by atoms with van der Waals surface area (Å²) in [5.74, 6) is -1.24. The van der Waals surface area contributed by atoms with E-state index in [9.17, 15) is 23.3 Å². The number of nitrogens with one attached hydrogen (secondary N) is 3. The number of nitro benzene ring substituents is 1. The number of nitro groups is 1. The molecule has 3 aliphatic rings.